The zero-order chi connectivity index (χ0) is 22.3. The van der Waals surface area contributed by atoms with Crippen LogP contribution >= 0.6 is 0 Å². The summed E-state index contributed by atoms with van der Waals surface area (Å²) in [7, 11) is 0. The molecule has 2 aromatic rings. The summed E-state index contributed by atoms with van der Waals surface area (Å²) >= 11 is 0. The van der Waals surface area contributed by atoms with Crippen molar-refractivity contribution < 1.29 is 44.7 Å². The summed E-state index contributed by atoms with van der Waals surface area (Å²) in [4.78, 5) is 26.4. The van der Waals surface area contributed by atoms with Crippen molar-refractivity contribution in [2.45, 2.75) is 0 Å². The van der Waals surface area contributed by atoms with E-state index in [2.05, 4.69) is 0 Å². The molecular weight excluding hydrogens is 428 g/mol. The molecule has 0 unspecified atom stereocenters. The molecule has 1 heterocycles. The highest BCUT2D eigenvalue weighted by Gasteiger charge is 2.32. The lowest BCUT2D eigenvalue weighted by molar-refractivity contribution is 0.0528. The Morgan fingerprint density at radius 3 is 1.13 bits per heavy atom. The van der Waals surface area contributed by atoms with Crippen LogP contribution in [0, 0.1) is 46.5 Å². The largest absolute Gasteiger partial charge is 0.335 e. The number of halogens is 8. The number of amides is 2. The maximum absolute atomic E-state index is 13.8. The second kappa shape index (κ2) is 7.92. The Labute approximate surface area is 163 Å². The van der Waals surface area contributed by atoms with Gasteiger partial charge in [-0.15, -0.1) is 0 Å². The third-order valence-corrected chi connectivity index (χ3v) is 4.52. The highest BCUT2D eigenvalue weighted by atomic mass is 19.2. The summed E-state index contributed by atoms with van der Waals surface area (Å²) < 4.78 is 107. The first-order valence-corrected chi connectivity index (χ1v) is 8.29. The Morgan fingerprint density at radius 1 is 0.533 bits per heavy atom. The third-order valence-electron chi connectivity index (χ3n) is 4.52. The summed E-state index contributed by atoms with van der Waals surface area (Å²) in [5.41, 5.74) is -2.14. The lowest BCUT2D eigenvalue weighted by Gasteiger charge is -2.35. The molecule has 0 atom stereocenters. The van der Waals surface area contributed by atoms with E-state index in [1.54, 1.807) is 0 Å². The molecular formula is C18H10F8N2O2. The lowest BCUT2D eigenvalue weighted by atomic mass is 10.1. The fraction of sp³-hybridized carbons (Fsp3) is 0.222. The van der Waals surface area contributed by atoms with Crippen molar-refractivity contribution >= 4 is 11.8 Å². The average Bonchev–Trinajstić information content (AvgIpc) is 2.75. The summed E-state index contributed by atoms with van der Waals surface area (Å²) in [6, 6.07) is 0.375. The number of hydrogen-bond donors (Lipinski definition) is 0. The van der Waals surface area contributed by atoms with E-state index in [1.807, 2.05) is 0 Å². The van der Waals surface area contributed by atoms with Crippen LogP contribution in [0.25, 0.3) is 0 Å². The number of rotatable bonds is 2. The Balaban J connectivity index is 1.76. The van der Waals surface area contributed by atoms with Crippen molar-refractivity contribution in [1.82, 2.24) is 9.80 Å². The Bertz CT molecular complexity index is 968. The Kier molecular flexibility index (Phi) is 5.68. The SMILES string of the molecule is O=C(c1cc(F)c(F)c(F)c1F)N1CCN(C(=O)c2cc(F)c(F)c(F)c2F)CC1. The second-order valence-electron chi connectivity index (χ2n) is 6.28. The number of piperazine rings is 1. The predicted molar refractivity (Wildman–Crippen MR) is 84.4 cm³/mol. The molecule has 0 aliphatic carbocycles. The molecule has 1 saturated heterocycles. The zero-order valence-corrected chi connectivity index (χ0v) is 14.7. The van der Waals surface area contributed by atoms with Gasteiger partial charge in [-0.3, -0.25) is 9.59 Å². The van der Waals surface area contributed by atoms with Crippen LogP contribution in [0.1, 0.15) is 20.7 Å². The third kappa shape index (κ3) is 3.57. The van der Waals surface area contributed by atoms with E-state index in [-0.39, 0.29) is 38.3 Å². The van der Waals surface area contributed by atoms with E-state index in [9.17, 15) is 44.7 Å². The monoisotopic (exact) mass is 438 g/mol. The molecule has 4 nitrogen and oxygen atoms in total. The highest BCUT2D eigenvalue weighted by Crippen LogP contribution is 2.23. The van der Waals surface area contributed by atoms with E-state index in [4.69, 9.17) is 0 Å². The van der Waals surface area contributed by atoms with Gasteiger partial charge in [0.05, 0.1) is 11.1 Å². The van der Waals surface area contributed by atoms with Crippen LogP contribution in [0.15, 0.2) is 12.1 Å². The molecule has 0 N–H and O–H groups in total. The summed E-state index contributed by atoms with van der Waals surface area (Å²) in [5.74, 6) is -18.2. The van der Waals surface area contributed by atoms with Crippen LogP contribution in [0.3, 0.4) is 0 Å². The molecule has 1 aliphatic heterocycles. The maximum Gasteiger partial charge on any atom is 0.257 e. The average molecular weight is 438 g/mol. The van der Waals surface area contributed by atoms with Crippen molar-refractivity contribution in [2.75, 3.05) is 26.2 Å². The fourth-order valence-corrected chi connectivity index (χ4v) is 2.91. The van der Waals surface area contributed by atoms with Gasteiger partial charge in [-0.1, -0.05) is 0 Å². The molecule has 0 bridgehead atoms. The van der Waals surface area contributed by atoms with Crippen molar-refractivity contribution in [3.05, 3.63) is 69.8 Å². The topological polar surface area (TPSA) is 40.6 Å². The van der Waals surface area contributed by atoms with E-state index in [0.717, 1.165) is 9.80 Å². The molecule has 0 radical (unpaired) electrons. The smallest absolute Gasteiger partial charge is 0.257 e. The van der Waals surface area contributed by atoms with Gasteiger partial charge in [0.25, 0.3) is 11.8 Å². The predicted octanol–water partition coefficient (Wildman–Crippen LogP) is 3.40. The molecule has 0 aromatic heterocycles. The number of carbonyl (C=O) groups is 2. The van der Waals surface area contributed by atoms with Crippen molar-refractivity contribution in [3.8, 4) is 0 Å². The molecule has 0 saturated carbocycles. The number of carbonyl (C=O) groups excluding carboxylic acids is 2. The van der Waals surface area contributed by atoms with Gasteiger partial charge in [0.15, 0.2) is 46.5 Å². The number of nitrogens with zero attached hydrogens (tertiary/aromatic N) is 2. The van der Waals surface area contributed by atoms with Crippen LogP contribution < -0.4 is 0 Å². The standard InChI is InChI=1S/C18H10F8N2O2/c19-9-5-7(11(21)15(25)13(9)23)17(29)27-1-2-28(4-3-27)18(30)8-6-10(20)14(24)16(26)12(8)22/h5-6H,1-4H2. The van der Waals surface area contributed by atoms with Gasteiger partial charge in [-0.2, -0.15) is 0 Å². The van der Waals surface area contributed by atoms with Crippen LogP contribution in [0.2, 0.25) is 0 Å². The summed E-state index contributed by atoms with van der Waals surface area (Å²) in [6.45, 7) is -1.28. The van der Waals surface area contributed by atoms with Gasteiger partial charge in [0.2, 0.25) is 0 Å². The van der Waals surface area contributed by atoms with Crippen molar-refractivity contribution in [3.63, 3.8) is 0 Å². The molecule has 3 rings (SSSR count). The number of hydrogen-bond acceptors (Lipinski definition) is 2. The van der Waals surface area contributed by atoms with E-state index >= 15 is 0 Å². The molecule has 160 valence electrons. The van der Waals surface area contributed by atoms with Crippen LogP contribution in [-0.2, 0) is 0 Å². The molecule has 30 heavy (non-hydrogen) atoms. The Morgan fingerprint density at radius 2 is 0.833 bits per heavy atom. The van der Waals surface area contributed by atoms with Crippen molar-refractivity contribution in [1.29, 1.82) is 0 Å². The van der Waals surface area contributed by atoms with E-state index < -0.39 is 69.5 Å². The molecule has 1 fully saturated rings. The normalized spacial score (nSPS) is 14.3. The molecule has 2 aromatic carbocycles. The minimum Gasteiger partial charge on any atom is -0.335 e. The highest BCUT2D eigenvalue weighted by molar-refractivity contribution is 5.96. The molecule has 12 heteroatoms. The van der Waals surface area contributed by atoms with Gasteiger partial charge < -0.3 is 9.80 Å². The summed E-state index contributed by atoms with van der Waals surface area (Å²) in [6.07, 6.45) is 0. The second-order valence-corrected chi connectivity index (χ2v) is 6.28. The lowest BCUT2D eigenvalue weighted by Crippen LogP contribution is -2.51. The minimum absolute atomic E-state index is 0.188. The number of benzene rings is 2. The minimum atomic E-state index is -2.16. The van der Waals surface area contributed by atoms with Gasteiger partial charge in [0.1, 0.15) is 0 Å². The molecule has 2 amide bonds. The van der Waals surface area contributed by atoms with Gasteiger partial charge >= 0.3 is 0 Å². The zero-order valence-electron chi connectivity index (χ0n) is 14.7. The first kappa shape index (κ1) is 21.5. The van der Waals surface area contributed by atoms with Crippen LogP contribution in [0.5, 0.6) is 0 Å². The molecule has 0 spiro atoms. The first-order chi connectivity index (χ1) is 14.0. The summed E-state index contributed by atoms with van der Waals surface area (Å²) in [5, 5.41) is 0. The van der Waals surface area contributed by atoms with Gasteiger partial charge in [0, 0.05) is 26.2 Å². The van der Waals surface area contributed by atoms with Crippen molar-refractivity contribution in [2.24, 2.45) is 0 Å². The van der Waals surface area contributed by atoms with E-state index in [0.29, 0.717) is 0 Å². The quantitative estimate of drug-likeness (QED) is 0.410. The fourth-order valence-electron chi connectivity index (χ4n) is 2.91. The molecule has 1 aliphatic rings. The van der Waals surface area contributed by atoms with Gasteiger partial charge in [-0.05, 0) is 12.1 Å². The van der Waals surface area contributed by atoms with E-state index in [1.165, 1.54) is 0 Å². The van der Waals surface area contributed by atoms with Crippen LogP contribution in [-0.4, -0.2) is 47.8 Å². The Hall–Kier alpha value is -3.18. The first-order valence-electron chi connectivity index (χ1n) is 8.29. The maximum atomic E-state index is 13.8. The van der Waals surface area contributed by atoms with Gasteiger partial charge in [-0.25, -0.2) is 35.1 Å². The van der Waals surface area contributed by atoms with Crippen LogP contribution in [0.4, 0.5) is 35.1 Å².